The topological polar surface area (TPSA) is 92.4 Å². The molecule has 1 aromatic heterocycles. The van der Waals surface area contributed by atoms with E-state index in [0.717, 1.165) is 0 Å². The average Bonchev–Trinajstić information content (AvgIpc) is 2.70. The lowest BCUT2D eigenvalue weighted by atomic mass is 10.2. The molecule has 1 aromatic carbocycles. The molecular weight excluding hydrogens is 284 g/mol. The standard InChI is InChI=1S/C13H11ClN2O4/c1-6-11(20-7(2)15-6)12(17)16-10-4-3-8(13(18)19)5-9(10)14/h3-5H,1-2H3,(H,16,17)(H,18,19). The number of carboxylic acids is 1. The molecule has 0 aliphatic carbocycles. The number of rotatable bonds is 3. The number of nitrogens with zero attached hydrogens (tertiary/aromatic N) is 1. The fourth-order valence-electron chi connectivity index (χ4n) is 1.67. The first-order chi connectivity index (χ1) is 9.38. The fourth-order valence-corrected chi connectivity index (χ4v) is 1.90. The van der Waals surface area contributed by atoms with E-state index in [0.29, 0.717) is 17.3 Å². The molecule has 2 N–H and O–H groups in total. The van der Waals surface area contributed by atoms with Crippen LogP contribution in [0.1, 0.15) is 32.5 Å². The van der Waals surface area contributed by atoms with Gasteiger partial charge in [0.1, 0.15) is 0 Å². The number of oxazole rings is 1. The number of amides is 1. The summed E-state index contributed by atoms with van der Waals surface area (Å²) < 4.78 is 5.19. The summed E-state index contributed by atoms with van der Waals surface area (Å²) in [6.07, 6.45) is 0. The highest BCUT2D eigenvalue weighted by molar-refractivity contribution is 6.34. The predicted molar refractivity (Wildman–Crippen MR) is 72.3 cm³/mol. The van der Waals surface area contributed by atoms with Crippen LogP contribution in [0.3, 0.4) is 0 Å². The maximum absolute atomic E-state index is 12.0. The van der Waals surface area contributed by atoms with Crippen molar-refractivity contribution in [1.82, 2.24) is 4.98 Å². The monoisotopic (exact) mass is 294 g/mol. The molecule has 0 aliphatic heterocycles. The number of benzene rings is 1. The minimum Gasteiger partial charge on any atom is -0.478 e. The van der Waals surface area contributed by atoms with E-state index >= 15 is 0 Å². The Morgan fingerprint density at radius 3 is 2.55 bits per heavy atom. The Bertz CT molecular complexity index is 694. The Morgan fingerprint density at radius 2 is 2.05 bits per heavy atom. The Balaban J connectivity index is 2.24. The van der Waals surface area contributed by atoms with Gasteiger partial charge in [-0.3, -0.25) is 4.79 Å². The van der Waals surface area contributed by atoms with E-state index in [9.17, 15) is 9.59 Å². The van der Waals surface area contributed by atoms with Crippen LogP contribution in [0.15, 0.2) is 22.6 Å². The Morgan fingerprint density at radius 1 is 1.35 bits per heavy atom. The maximum Gasteiger partial charge on any atom is 0.335 e. The molecule has 0 bridgehead atoms. The van der Waals surface area contributed by atoms with Gasteiger partial charge in [-0.05, 0) is 25.1 Å². The Labute approximate surface area is 119 Å². The summed E-state index contributed by atoms with van der Waals surface area (Å²) in [5, 5.41) is 11.5. The lowest BCUT2D eigenvalue weighted by molar-refractivity contribution is 0.0696. The molecule has 0 spiro atoms. The van der Waals surface area contributed by atoms with Crippen LogP contribution in [-0.2, 0) is 0 Å². The van der Waals surface area contributed by atoms with E-state index in [4.69, 9.17) is 21.1 Å². The summed E-state index contributed by atoms with van der Waals surface area (Å²) in [6, 6.07) is 4.03. The molecule has 0 saturated carbocycles. The number of anilines is 1. The maximum atomic E-state index is 12.0. The van der Waals surface area contributed by atoms with Crippen LogP contribution in [0.2, 0.25) is 5.02 Å². The third-order valence-electron chi connectivity index (χ3n) is 2.57. The van der Waals surface area contributed by atoms with Gasteiger partial charge in [-0.15, -0.1) is 0 Å². The summed E-state index contributed by atoms with van der Waals surface area (Å²) in [7, 11) is 0. The molecule has 7 heteroatoms. The molecule has 6 nitrogen and oxygen atoms in total. The zero-order valence-electron chi connectivity index (χ0n) is 10.7. The first-order valence-electron chi connectivity index (χ1n) is 5.66. The van der Waals surface area contributed by atoms with Crippen LogP contribution in [0, 0.1) is 13.8 Å². The lowest BCUT2D eigenvalue weighted by Gasteiger charge is -2.06. The van der Waals surface area contributed by atoms with Crippen molar-refractivity contribution in [3.05, 3.63) is 46.1 Å². The zero-order valence-corrected chi connectivity index (χ0v) is 11.5. The molecular formula is C13H11ClN2O4. The van der Waals surface area contributed by atoms with Gasteiger partial charge in [-0.25, -0.2) is 9.78 Å². The Kier molecular flexibility index (Phi) is 3.76. The van der Waals surface area contributed by atoms with E-state index in [1.807, 2.05) is 0 Å². The van der Waals surface area contributed by atoms with Crippen LogP contribution >= 0.6 is 11.6 Å². The van der Waals surface area contributed by atoms with Gasteiger partial charge in [-0.1, -0.05) is 11.6 Å². The zero-order chi connectivity index (χ0) is 14.9. The number of carbonyl (C=O) groups is 2. The molecule has 0 aliphatic rings. The lowest BCUT2D eigenvalue weighted by Crippen LogP contribution is -2.13. The number of carbonyl (C=O) groups excluding carboxylic acids is 1. The summed E-state index contributed by atoms with van der Waals surface area (Å²) in [4.78, 5) is 26.8. The van der Waals surface area contributed by atoms with E-state index < -0.39 is 11.9 Å². The number of aromatic carboxylic acids is 1. The number of aryl methyl sites for hydroxylation is 2. The molecule has 0 unspecified atom stereocenters. The first-order valence-corrected chi connectivity index (χ1v) is 6.04. The van der Waals surface area contributed by atoms with Gasteiger partial charge in [0.05, 0.1) is 22.0 Å². The smallest absolute Gasteiger partial charge is 0.335 e. The van der Waals surface area contributed by atoms with Gasteiger partial charge in [0.15, 0.2) is 5.89 Å². The highest BCUT2D eigenvalue weighted by atomic mass is 35.5. The third-order valence-corrected chi connectivity index (χ3v) is 2.89. The van der Waals surface area contributed by atoms with E-state index in [1.54, 1.807) is 13.8 Å². The number of carboxylic acid groups (broad SMARTS) is 1. The molecule has 104 valence electrons. The van der Waals surface area contributed by atoms with Crippen LogP contribution in [-0.4, -0.2) is 22.0 Å². The van der Waals surface area contributed by atoms with Gasteiger partial charge in [0, 0.05) is 6.92 Å². The SMILES string of the molecule is Cc1nc(C)c(C(=O)Nc2ccc(C(=O)O)cc2Cl)o1. The first kappa shape index (κ1) is 14.1. The average molecular weight is 295 g/mol. The van der Waals surface area contributed by atoms with Crippen molar-refractivity contribution in [1.29, 1.82) is 0 Å². The molecule has 20 heavy (non-hydrogen) atoms. The van der Waals surface area contributed by atoms with Crippen molar-refractivity contribution in [2.45, 2.75) is 13.8 Å². The summed E-state index contributed by atoms with van der Waals surface area (Å²) in [5.74, 6) is -1.10. The van der Waals surface area contributed by atoms with Crippen LogP contribution in [0.5, 0.6) is 0 Å². The highest BCUT2D eigenvalue weighted by Gasteiger charge is 2.17. The molecule has 1 amide bonds. The normalized spacial score (nSPS) is 10.3. The van der Waals surface area contributed by atoms with Crippen molar-refractivity contribution < 1.29 is 19.1 Å². The number of halogens is 1. The van der Waals surface area contributed by atoms with E-state index in [2.05, 4.69) is 10.3 Å². The minimum absolute atomic E-state index is 0.0414. The number of nitrogens with one attached hydrogen (secondary N) is 1. The quantitative estimate of drug-likeness (QED) is 0.908. The molecule has 2 rings (SSSR count). The Hall–Kier alpha value is -2.34. The van der Waals surface area contributed by atoms with E-state index in [-0.39, 0.29) is 16.3 Å². The molecule has 0 fully saturated rings. The second kappa shape index (κ2) is 5.34. The van der Waals surface area contributed by atoms with Gasteiger partial charge in [-0.2, -0.15) is 0 Å². The highest BCUT2D eigenvalue weighted by Crippen LogP contribution is 2.24. The number of hydrogen-bond donors (Lipinski definition) is 2. The van der Waals surface area contributed by atoms with Crippen molar-refractivity contribution in [2.75, 3.05) is 5.32 Å². The van der Waals surface area contributed by atoms with Crippen molar-refractivity contribution in [3.8, 4) is 0 Å². The van der Waals surface area contributed by atoms with Gasteiger partial charge in [0.2, 0.25) is 5.76 Å². The van der Waals surface area contributed by atoms with Crippen molar-refractivity contribution >= 4 is 29.2 Å². The van der Waals surface area contributed by atoms with E-state index in [1.165, 1.54) is 18.2 Å². The number of hydrogen-bond acceptors (Lipinski definition) is 4. The molecule has 2 aromatic rings. The van der Waals surface area contributed by atoms with Crippen LogP contribution in [0.4, 0.5) is 5.69 Å². The second-order valence-corrected chi connectivity index (χ2v) is 4.51. The molecule has 0 radical (unpaired) electrons. The number of aromatic nitrogens is 1. The van der Waals surface area contributed by atoms with Crippen molar-refractivity contribution in [3.63, 3.8) is 0 Å². The largest absolute Gasteiger partial charge is 0.478 e. The summed E-state index contributed by atoms with van der Waals surface area (Å²) >= 11 is 5.93. The second-order valence-electron chi connectivity index (χ2n) is 4.10. The van der Waals surface area contributed by atoms with Gasteiger partial charge in [0.25, 0.3) is 5.91 Å². The van der Waals surface area contributed by atoms with Gasteiger partial charge < -0.3 is 14.8 Å². The van der Waals surface area contributed by atoms with Crippen LogP contribution < -0.4 is 5.32 Å². The minimum atomic E-state index is -1.09. The molecule has 0 saturated heterocycles. The fraction of sp³-hybridized carbons (Fsp3) is 0.154. The summed E-state index contributed by atoms with van der Waals surface area (Å²) in [5.41, 5.74) is 0.813. The van der Waals surface area contributed by atoms with Crippen LogP contribution in [0.25, 0.3) is 0 Å². The molecule has 0 atom stereocenters. The summed E-state index contributed by atoms with van der Waals surface area (Å²) in [6.45, 7) is 3.29. The molecule has 1 heterocycles. The van der Waals surface area contributed by atoms with Gasteiger partial charge >= 0.3 is 5.97 Å². The third kappa shape index (κ3) is 2.80. The van der Waals surface area contributed by atoms with Crippen molar-refractivity contribution in [2.24, 2.45) is 0 Å². The predicted octanol–water partition coefficient (Wildman–Crippen LogP) is 2.90.